The second-order valence-corrected chi connectivity index (χ2v) is 11.7. The molecule has 0 aliphatic rings. The van der Waals surface area contributed by atoms with Gasteiger partial charge in [-0.2, -0.15) is 0 Å². The van der Waals surface area contributed by atoms with Gasteiger partial charge in [-0.25, -0.2) is 15.0 Å². The maximum absolute atomic E-state index is 6.32. The molecule has 0 saturated heterocycles. The van der Waals surface area contributed by atoms with Crippen molar-refractivity contribution in [2.75, 3.05) is 0 Å². The molecule has 0 aliphatic heterocycles. The van der Waals surface area contributed by atoms with Crippen LogP contribution in [0, 0.1) is 0 Å². The number of fused-ring (bicyclic) bond motifs is 4. The van der Waals surface area contributed by atoms with Crippen molar-refractivity contribution in [3.05, 3.63) is 164 Å². The van der Waals surface area contributed by atoms with E-state index in [1.807, 2.05) is 24.3 Å². The van der Waals surface area contributed by atoms with Gasteiger partial charge in [0.15, 0.2) is 17.5 Å². The number of hydrogen-bond acceptors (Lipinski definition) is 4. The molecular formula is C43H27N3O. The minimum Gasteiger partial charge on any atom is -0.455 e. The monoisotopic (exact) mass is 601 g/mol. The first-order valence-electron chi connectivity index (χ1n) is 15.7. The molecule has 0 radical (unpaired) electrons. The highest BCUT2D eigenvalue weighted by molar-refractivity contribution is 6.09. The molecular weight excluding hydrogens is 574 g/mol. The summed E-state index contributed by atoms with van der Waals surface area (Å²) in [6.45, 7) is 0. The third-order valence-electron chi connectivity index (χ3n) is 8.75. The summed E-state index contributed by atoms with van der Waals surface area (Å²) in [6, 6.07) is 56.4. The Bertz CT molecular complexity index is 2550. The average Bonchev–Trinajstić information content (AvgIpc) is 3.54. The van der Waals surface area contributed by atoms with Crippen molar-refractivity contribution in [1.82, 2.24) is 15.0 Å². The lowest BCUT2D eigenvalue weighted by atomic mass is 10.0. The van der Waals surface area contributed by atoms with Gasteiger partial charge < -0.3 is 4.42 Å². The number of rotatable bonds is 5. The van der Waals surface area contributed by atoms with Crippen LogP contribution >= 0.6 is 0 Å². The molecule has 47 heavy (non-hydrogen) atoms. The van der Waals surface area contributed by atoms with Crippen LogP contribution in [0.15, 0.2) is 168 Å². The molecule has 0 spiro atoms. The van der Waals surface area contributed by atoms with Crippen molar-refractivity contribution in [3.63, 3.8) is 0 Å². The summed E-state index contributed by atoms with van der Waals surface area (Å²) in [5.74, 6) is 1.90. The highest BCUT2D eigenvalue weighted by atomic mass is 16.3. The molecule has 9 rings (SSSR count). The normalized spacial score (nSPS) is 11.4. The third kappa shape index (κ3) is 4.93. The van der Waals surface area contributed by atoms with E-state index in [0.717, 1.165) is 60.7 Å². The fourth-order valence-corrected chi connectivity index (χ4v) is 6.31. The molecule has 220 valence electrons. The quantitative estimate of drug-likeness (QED) is 0.197. The van der Waals surface area contributed by atoms with Crippen molar-refractivity contribution in [2.45, 2.75) is 0 Å². The molecule has 0 fully saturated rings. The molecule has 0 aliphatic carbocycles. The van der Waals surface area contributed by atoms with Crippen LogP contribution < -0.4 is 0 Å². The van der Waals surface area contributed by atoms with E-state index < -0.39 is 0 Å². The summed E-state index contributed by atoms with van der Waals surface area (Å²) < 4.78 is 6.32. The zero-order valence-electron chi connectivity index (χ0n) is 25.3. The third-order valence-corrected chi connectivity index (χ3v) is 8.75. The van der Waals surface area contributed by atoms with E-state index in [2.05, 4.69) is 140 Å². The van der Waals surface area contributed by atoms with Gasteiger partial charge >= 0.3 is 0 Å². The van der Waals surface area contributed by atoms with Crippen LogP contribution in [0.25, 0.3) is 89.1 Å². The highest BCUT2D eigenvalue weighted by Crippen LogP contribution is 2.36. The van der Waals surface area contributed by atoms with Crippen LogP contribution in [-0.2, 0) is 0 Å². The molecule has 0 N–H and O–H groups in total. The number of hydrogen-bond donors (Lipinski definition) is 0. The fraction of sp³-hybridized carbons (Fsp3) is 0. The predicted octanol–water partition coefficient (Wildman–Crippen LogP) is 11.3. The van der Waals surface area contributed by atoms with Gasteiger partial charge in [0.25, 0.3) is 0 Å². The largest absolute Gasteiger partial charge is 0.455 e. The second-order valence-electron chi connectivity index (χ2n) is 11.7. The van der Waals surface area contributed by atoms with Crippen LogP contribution in [0.4, 0.5) is 0 Å². The Labute approximate surface area is 271 Å². The molecule has 0 unspecified atom stereocenters. The average molecular weight is 602 g/mol. The second kappa shape index (κ2) is 11.2. The number of nitrogens with zero attached hydrogens (tertiary/aromatic N) is 3. The van der Waals surface area contributed by atoms with E-state index >= 15 is 0 Å². The van der Waals surface area contributed by atoms with Crippen LogP contribution in [0.5, 0.6) is 0 Å². The van der Waals surface area contributed by atoms with Crippen LogP contribution in [-0.4, -0.2) is 15.0 Å². The lowest BCUT2D eigenvalue weighted by Crippen LogP contribution is -2.00. The van der Waals surface area contributed by atoms with Gasteiger partial charge in [0, 0.05) is 33.0 Å². The van der Waals surface area contributed by atoms with Crippen molar-refractivity contribution in [1.29, 1.82) is 0 Å². The minimum absolute atomic E-state index is 0.624. The van der Waals surface area contributed by atoms with E-state index in [1.165, 1.54) is 10.9 Å². The molecule has 0 bridgehead atoms. The van der Waals surface area contributed by atoms with Gasteiger partial charge in [-0.15, -0.1) is 0 Å². The molecule has 9 aromatic rings. The topological polar surface area (TPSA) is 51.8 Å². The predicted molar refractivity (Wildman–Crippen MR) is 192 cm³/mol. The van der Waals surface area contributed by atoms with E-state index in [1.54, 1.807) is 0 Å². The maximum Gasteiger partial charge on any atom is 0.164 e. The van der Waals surface area contributed by atoms with E-state index in [9.17, 15) is 0 Å². The number of furan rings is 1. The zero-order valence-corrected chi connectivity index (χ0v) is 25.3. The lowest BCUT2D eigenvalue weighted by Gasteiger charge is -2.10. The summed E-state index contributed by atoms with van der Waals surface area (Å²) in [5, 5.41) is 4.56. The van der Waals surface area contributed by atoms with Gasteiger partial charge in [0.05, 0.1) is 0 Å². The molecule has 4 heteroatoms. The maximum atomic E-state index is 6.32. The number of benzene rings is 7. The molecule has 0 saturated carbocycles. The smallest absolute Gasteiger partial charge is 0.164 e. The van der Waals surface area contributed by atoms with Crippen LogP contribution in [0.2, 0.25) is 0 Å². The first-order chi connectivity index (χ1) is 23.3. The molecule has 0 atom stereocenters. The highest BCUT2D eigenvalue weighted by Gasteiger charge is 2.15. The summed E-state index contributed by atoms with van der Waals surface area (Å²) in [6.07, 6.45) is 0. The Morgan fingerprint density at radius 3 is 1.62 bits per heavy atom. The summed E-state index contributed by atoms with van der Waals surface area (Å²) in [5.41, 5.74) is 9.02. The lowest BCUT2D eigenvalue weighted by molar-refractivity contribution is 0.670. The Kier molecular flexibility index (Phi) is 6.43. The minimum atomic E-state index is 0.624. The van der Waals surface area contributed by atoms with Gasteiger partial charge in [0.1, 0.15) is 11.2 Å². The van der Waals surface area contributed by atoms with Crippen molar-refractivity contribution >= 4 is 32.7 Å². The Morgan fingerprint density at radius 1 is 0.340 bits per heavy atom. The van der Waals surface area contributed by atoms with Gasteiger partial charge in [-0.05, 0) is 39.6 Å². The van der Waals surface area contributed by atoms with Gasteiger partial charge in [-0.1, -0.05) is 152 Å². The van der Waals surface area contributed by atoms with Crippen molar-refractivity contribution in [3.8, 4) is 56.4 Å². The van der Waals surface area contributed by atoms with E-state index in [0.29, 0.717) is 17.5 Å². The molecule has 2 aromatic heterocycles. The van der Waals surface area contributed by atoms with Gasteiger partial charge in [-0.3, -0.25) is 0 Å². The first-order valence-corrected chi connectivity index (χ1v) is 15.7. The fourth-order valence-electron chi connectivity index (χ4n) is 6.31. The molecule has 0 amide bonds. The Balaban J connectivity index is 1.14. The zero-order chi connectivity index (χ0) is 31.2. The van der Waals surface area contributed by atoms with Crippen LogP contribution in [0.3, 0.4) is 0 Å². The molecule has 2 heterocycles. The SMILES string of the molecule is c1ccc(-c2ccc(-c3nc(-c4ccc(-c5cccc6c5oc5ccccc56)cc4)nc(-c4ccc5ccccc5c4)n3)cc2)cc1. The number of aromatic nitrogens is 3. The standard InChI is InChI=1S/C43H27N3O/c1-2-9-28(10-3-1)30-17-22-32(23-18-30)41-44-42(46-43(45-41)35-26-19-29-11-4-5-12-34(29)27-35)33-24-20-31(21-25-33)36-14-8-15-38-37-13-6-7-16-39(37)47-40(36)38/h1-27H. The summed E-state index contributed by atoms with van der Waals surface area (Å²) >= 11 is 0. The van der Waals surface area contributed by atoms with E-state index in [-0.39, 0.29) is 0 Å². The van der Waals surface area contributed by atoms with E-state index in [4.69, 9.17) is 19.4 Å². The molecule has 4 nitrogen and oxygen atoms in total. The summed E-state index contributed by atoms with van der Waals surface area (Å²) in [7, 11) is 0. The number of para-hydroxylation sites is 2. The van der Waals surface area contributed by atoms with Gasteiger partial charge in [0.2, 0.25) is 0 Å². The summed E-state index contributed by atoms with van der Waals surface area (Å²) in [4.78, 5) is 15.0. The van der Waals surface area contributed by atoms with Crippen molar-refractivity contribution < 1.29 is 4.42 Å². The molecule has 7 aromatic carbocycles. The Morgan fingerprint density at radius 2 is 0.872 bits per heavy atom. The van der Waals surface area contributed by atoms with Crippen molar-refractivity contribution in [2.24, 2.45) is 0 Å². The van der Waals surface area contributed by atoms with Crippen LogP contribution in [0.1, 0.15) is 0 Å². The Hall–Kier alpha value is -6.39. The first kappa shape index (κ1) is 27.0.